The van der Waals surface area contributed by atoms with Gasteiger partial charge in [-0.25, -0.2) is 0 Å². The molecule has 0 fully saturated rings. The van der Waals surface area contributed by atoms with Gasteiger partial charge in [0.2, 0.25) is 0 Å². The van der Waals surface area contributed by atoms with Crippen molar-refractivity contribution in [3.05, 3.63) is 34.3 Å². The van der Waals surface area contributed by atoms with Crippen LogP contribution >= 0.6 is 15.9 Å². The number of hydrogen-bond acceptors (Lipinski definition) is 3. The predicted molar refractivity (Wildman–Crippen MR) is 68.7 cm³/mol. The van der Waals surface area contributed by atoms with Crippen LogP contribution in [0, 0.1) is 5.92 Å². The van der Waals surface area contributed by atoms with Crippen LogP contribution in [-0.2, 0) is 20.7 Å². The smallest absolute Gasteiger partial charge is 0.316 e. The van der Waals surface area contributed by atoms with Crippen LogP contribution < -0.4 is 0 Å². The number of methoxy groups -OCH3 is 1. The van der Waals surface area contributed by atoms with E-state index in [9.17, 15) is 9.59 Å². The van der Waals surface area contributed by atoms with Crippen molar-refractivity contribution < 1.29 is 14.3 Å². The Hall–Kier alpha value is -1.16. The molecule has 1 unspecified atom stereocenters. The van der Waals surface area contributed by atoms with Gasteiger partial charge in [0.15, 0.2) is 0 Å². The molecular weight excluding hydrogens is 284 g/mol. The summed E-state index contributed by atoms with van der Waals surface area (Å²) in [6, 6.07) is 7.77. The number of hydrogen-bond donors (Lipinski definition) is 0. The molecule has 0 radical (unpaired) electrons. The average Bonchev–Trinajstić information content (AvgIpc) is 2.30. The minimum atomic E-state index is -0.660. The summed E-state index contributed by atoms with van der Waals surface area (Å²) in [5.74, 6) is -1.26. The van der Waals surface area contributed by atoms with Gasteiger partial charge in [-0.05, 0) is 31.4 Å². The summed E-state index contributed by atoms with van der Waals surface area (Å²) < 4.78 is 5.61. The van der Waals surface area contributed by atoms with Gasteiger partial charge in [0.1, 0.15) is 11.7 Å². The first-order valence-electron chi connectivity index (χ1n) is 5.38. The molecule has 17 heavy (non-hydrogen) atoms. The van der Waals surface area contributed by atoms with E-state index in [0.29, 0.717) is 12.8 Å². The fourth-order valence-corrected chi connectivity index (χ4v) is 2.11. The number of ether oxygens (including phenoxy) is 1. The molecule has 1 rings (SSSR count). The van der Waals surface area contributed by atoms with Crippen molar-refractivity contribution in [1.29, 1.82) is 0 Å². The Morgan fingerprint density at radius 1 is 1.35 bits per heavy atom. The Bertz CT molecular complexity index is 415. The summed E-state index contributed by atoms with van der Waals surface area (Å²) in [4.78, 5) is 22.7. The molecule has 0 saturated heterocycles. The molecule has 0 aliphatic carbocycles. The molecule has 0 aromatic heterocycles. The zero-order valence-electron chi connectivity index (χ0n) is 9.90. The van der Waals surface area contributed by atoms with Gasteiger partial charge in [-0.2, -0.15) is 0 Å². The number of ketones is 1. The molecule has 0 spiro atoms. The molecule has 1 aromatic carbocycles. The van der Waals surface area contributed by atoms with Crippen molar-refractivity contribution in [2.24, 2.45) is 5.92 Å². The van der Waals surface area contributed by atoms with Crippen LogP contribution in [0.1, 0.15) is 18.9 Å². The Morgan fingerprint density at radius 2 is 2.00 bits per heavy atom. The first kappa shape index (κ1) is 13.9. The topological polar surface area (TPSA) is 43.4 Å². The number of esters is 1. The third-order valence-electron chi connectivity index (χ3n) is 2.64. The Morgan fingerprint density at radius 3 is 2.53 bits per heavy atom. The lowest BCUT2D eigenvalue weighted by Gasteiger charge is -2.11. The molecular formula is C13H15BrO3. The SMILES string of the molecule is COC(=O)C(CCc1ccccc1Br)C(C)=O. The Labute approximate surface area is 109 Å². The summed E-state index contributed by atoms with van der Waals surface area (Å²) in [5, 5.41) is 0. The zero-order valence-corrected chi connectivity index (χ0v) is 11.5. The van der Waals surface area contributed by atoms with E-state index in [0.717, 1.165) is 10.0 Å². The van der Waals surface area contributed by atoms with Crippen molar-refractivity contribution in [3.63, 3.8) is 0 Å². The number of benzene rings is 1. The van der Waals surface area contributed by atoms with Crippen molar-refractivity contribution in [1.82, 2.24) is 0 Å². The second-order valence-electron chi connectivity index (χ2n) is 3.82. The lowest BCUT2D eigenvalue weighted by atomic mass is 9.96. The molecule has 0 N–H and O–H groups in total. The highest BCUT2D eigenvalue weighted by Gasteiger charge is 2.23. The standard InChI is InChI=1S/C13H15BrO3/c1-9(15)11(13(16)17-2)8-7-10-5-3-4-6-12(10)14/h3-6,11H,7-8H2,1-2H3. The molecule has 92 valence electrons. The third kappa shape index (κ3) is 3.97. The van der Waals surface area contributed by atoms with E-state index in [-0.39, 0.29) is 5.78 Å². The summed E-state index contributed by atoms with van der Waals surface area (Å²) >= 11 is 3.44. The number of halogens is 1. The molecule has 0 amide bonds. The third-order valence-corrected chi connectivity index (χ3v) is 3.41. The highest BCUT2D eigenvalue weighted by atomic mass is 79.9. The number of aryl methyl sites for hydroxylation is 1. The van der Waals surface area contributed by atoms with Crippen LogP contribution in [0.25, 0.3) is 0 Å². The number of carbonyl (C=O) groups is 2. The molecule has 4 heteroatoms. The van der Waals surface area contributed by atoms with Crippen LogP contribution in [0.3, 0.4) is 0 Å². The first-order valence-corrected chi connectivity index (χ1v) is 6.17. The fraction of sp³-hybridized carbons (Fsp3) is 0.385. The lowest BCUT2D eigenvalue weighted by molar-refractivity contribution is -0.149. The van der Waals surface area contributed by atoms with E-state index in [4.69, 9.17) is 0 Å². The quantitative estimate of drug-likeness (QED) is 0.620. The van der Waals surface area contributed by atoms with Gasteiger partial charge in [-0.3, -0.25) is 9.59 Å². The van der Waals surface area contributed by atoms with Gasteiger partial charge in [0.05, 0.1) is 7.11 Å². The van der Waals surface area contributed by atoms with Gasteiger partial charge in [-0.15, -0.1) is 0 Å². The molecule has 0 heterocycles. The summed E-state index contributed by atoms with van der Waals surface area (Å²) in [7, 11) is 1.30. The largest absolute Gasteiger partial charge is 0.468 e. The van der Waals surface area contributed by atoms with Gasteiger partial charge in [-0.1, -0.05) is 34.1 Å². The maximum absolute atomic E-state index is 11.4. The highest BCUT2D eigenvalue weighted by molar-refractivity contribution is 9.10. The van der Waals surface area contributed by atoms with Crippen LogP contribution in [0.2, 0.25) is 0 Å². The first-order chi connectivity index (χ1) is 8.06. The number of carbonyl (C=O) groups excluding carboxylic acids is 2. The molecule has 1 atom stereocenters. The van der Waals surface area contributed by atoms with E-state index >= 15 is 0 Å². The lowest BCUT2D eigenvalue weighted by Crippen LogP contribution is -2.23. The molecule has 0 aliphatic rings. The van der Waals surface area contributed by atoms with E-state index in [1.165, 1.54) is 14.0 Å². The van der Waals surface area contributed by atoms with Crippen LogP contribution in [0.5, 0.6) is 0 Å². The molecule has 3 nitrogen and oxygen atoms in total. The maximum atomic E-state index is 11.4. The van der Waals surface area contributed by atoms with Crippen molar-refractivity contribution in [3.8, 4) is 0 Å². The van der Waals surface area contributed by atoms with Gasteiger partial charge in [0, 0.05) is 4.47 Å². The zero-order chi connectivity index (χ0) is 12.8. The van der Waals surface area contributed by atoms with Crippen LogP contribution in [0.15, 0.2) is 28.7 Å². The van der Waals surface area contributed by atoms with E-state index in [1.807, 2.05) is 24.3 Å². The summed E-state index contributed by atoms with van der Waals surface area (Å²) in [6.45, 7) is 1.42. The normalized spacial score (nSPS) is 11.9. The van der Waals surface area contributed by atoms with Crippen LogP contribution in [0.4, 0.5) is 0 Å². The minimum absolute atomic E-state index is 0.149. The number of rotatable bonds is 5. The predicted octanol–water partition coefficient (Wildman–Crippen LogP) is 2.76. The molecule has 0 saturated carbocycles. The van der Waals surface area contributed by atoms with Crippen molar-refractivity contribution >= 4 is 27.7 Å². The molecule has 0 bridgehead atoms. The average molecular weight is 299 g/mol. The Balaban J connectivity index is 2.68. The van der Waals surface area contributed by atoms with Gasteiger partial charge < -0.3 is 4.74 Å². The molecule has 0 aliphatic heterocycles. The van der Waals surface area contributed by atoms with E-state index in [2.05, 4.69) is 20.7 Å². The Kier molecular flexibility index (Phi) is 5.35. The van der Waals surface area contributed by atoms with E-state index < -0.39 is 11.9 Å². The second-order valence-corrected chi connectivity index (χ2v) is 4.67. The second kappa shape index (κ2) is 6.55. The van der Waals surface area contributed by atoms with Crippen molar-refractivity contribution in [2.45, 2.75) is 19.8 Å². The molecule has 1 aromatic rings. The number of Topliss-reactive ketones (excluding diaryl/α,β-unsaturated/α-hetero) is 1. The summed E-state index contributed by atoms with van der Waals surface area (Å²) in [5.41, 5.74) is 1.09. The maximum Gasteiger partial charge on any atom is 0.316 e. The summed E-state index contributed by atoms with van der Waals surface area (Å²) in [6.07, 6.45) is 1.14. The van der Waals surface area contributed by atoms with Gasteiger partial charge in [0.25, 0.3) is 0 Å². The fourth-order valence-electron chi connectivity index (χ4n) is 1.63. The van der Waals surface area contributed by atoms with E-state index in [1.54, 1.807) is 0 Å². The minimum Gasteiger partial charge on any atom is -0.468 e. The highest BCUT2D eigenvalue weighted by Crippen LogP contribution is 2.20. The van der Waals surface area contributed by atoms with Gasteiger partial charge >= 0.3 is 5.97 Å². The van der Waals surface area contributed by atoms with Crippen LogP contribution in [-0.4, -0.2) is 18.9 Å². The van der Waals surface area contributed by atoms with Crippen molar-refractivity contribution in [2.75, 3.05) is 7.11 Å². The monoisotopic (exact) mass is 298 g/mol.